The molecule has 6 nitrogen and oxygen atoms in total. The molecule has 0 aliphatic rings. The molecule has 1 heterocycles. The topological polar surface area (TPSA) is 83.6 Å². The number of carbonyl (C=O) groups excluding carboxylic acids is 1. The minimum Gasteiger partial charge on any atom is -0.480 e. The SMILES string of the molecule is Cc1noc(C)c1CC(=O)N(CC(=O)O)Cc1ccc(C(F)(F)F)cc1. The van der Waals surface area contributed by atoms with Crippen molar-refractivity contribution < 1.29 is 32.4 Å². The quantitative estimate of drug-likeness (QED) is 0.845. The molecule has 9 heteroatoms. The van der Waals surface area contributed by atoms with Crippen LogP contribution in [0.1, 0.15) is 28.1 Å². The van der Waals surface area contributed by atoms with E-state index in [1.54, 1.807) is 13.8 Å². The van der Waals surface area contributed by atoms with Crippen molar-refractivity contribution >= 4 is 11.9 Å². The van der Waals surface area contributed by atoms with Crippen molar-refractivity contribution in [1.82, 2.24) is 10.1 Å². The minimum absolute atomic E-state index is 0.102. The molecule has 0 aliphatic heterocycles. The number of nitrogens with zero attached hydrogens (tertiary/aromatic N) is 2. The van der Waals surface area contributed by atoms with Gasteiger partial charge in [-0.1, -0.05) is 17.3 Å². The lowest BCUT2D eigenvalue weighted by atomic mass is 10.1. The molecule has 0 unspecified atom stereocenters. The van der Waals surface area contributed by atoms with Crippen molar-refractivity contribution in [3.63, 3.8) is 0 Å². The molecule has 0 spiro atoms. The fourth-order valence-corrected chi connectivity index (χ4v) is 2.43. The maximum atomic E-state index is 12.6. The van der Waals surface area contributed by atoms with Crippen LogP contribution in [0, 0.1) is 13.8 Å². The number of rotatable bonds is 6. The Morgan fingerprint density at radius 3 is 2.27 bits per heavy atom. The van der Waals surface area contributed by atoms with Crippen molar-refractivity contribution in [3.05, 3.63) is 52.4 Å². The molecule has 1 aromatic carbocycles. The van der Waals surface area contributed by atoms with Gasteiger partial charge in [0.15, 0.2) is 0 Å². The number of halogens is 3. The summed E-state index contributed by atoms with van der Waals surface area (Å²) in [6, 6.07) is 4.24. The monoisotopic (exact) mass is 370 g/mol. The molecule has 0 fully saturated rings. The number of hydrogen-bond donors (Lipinski definition) is 1. The zero-order valence-electron chi connectivity index (χ0n) is 14.1. The van der Waals surface area contributed by atoms with Gasteiger partial charge in [-0.3, -0.25) is 9.59 Å². The largest absolute Gasteiger partial charge is 0.480 e. The standard InChI is InChI=1S/C17H17F3N2O4/c1-10-14(11(2)26-21-10)7-15(23)22(9-16(24)25)8-12-3-5-13(6-4-12)17(18,19)20/h3-6H,7-9H2,1-2H3,(H,24,25). The molecular formula is C17H17F3N2O4. The lowest BCUT2D eigenvalue weighted by Crippen LogP contribution is -2.36. The first-order valence-corrected chi connectivity index (χ1v) is 7.65. The second-order valence-corrected chi connectivity index (χ2v) is 5.82. The summed E-state index contributed by atoms with van der Waals surface area (Å²) in [7, 11) is 0. The van der Waals surface area contributed by atoms with Crippen molar-refractivity contribution in [2.45, 2.75) is 33.0 Å². The maximum Gasteiger partial charge on any atom is 0.416 e. The smallest absolute Gasteiger partial charge is 0.416 e. The highest BCUT2D eigenvalue weighted by Gasteiger charge is 2.30. The third-order valence-electron chi connectivity index (χ3n) is 3.84. The third kappa shape index (κ3) is 4.84. The van der Waals surface area contributed by atoms with Gasteiger partial charge in [0.05, 0.1) is 17.7 Å². The lowest BCUT2D eigenvalue weighted by Gasteiger charge is -2.21. The van der Waals surface area contributed by atoms with Crippen molar-refractivity contribution in [2.75, 3.05) is 6.54 Å². The first kappa shape index (κ1) is 19.5. The van der Waals surface area contributed by atoms with Gasteiger partial charge in [0.25, 0.3) is 0 Å². The van der Waals surface area contributed by atoms with Crippen molar-refractivity contribution in [1.29, 1.82) is 0 Å². The van der Waals surface area contributed by atoms with Gasteiger partial charge in [0, 0.05) is 12.1 Å². The van der Waals surface area contributed by atoms with E-state index in [9.17, 15) is 22.8 Å². The molecule has 0 aliphatic carbocycles. The highest BCUT2D eigenvalue weighted by Crippen LogP contribution is 2.29. The molecule has 0 radical (unpaired) electrons. The summed E-state index contributed by atoms with van der Waals surface area (Å²) in [4.78, 5) is 24.6. The van der Waals surface area contributed by atoms with Crippen LogP contribution in [0.3, 0.4) is 0 Å². The number of hydrogen-bond acceptors (Lipinski definition) is 4. The molecule has 140 valence electrons. The first-order chi connectivity index (χ1) is 12.1. The Hall–Kier alpha value is -2.84. The van der Waals surface area contributed by atoms with Crippen LogP contribution in [0.2, 0.25) is 0 Å². The van der Waals surface area contributed by atoms with Gasteiger partial charge < -0.3 is 14.5 Å². The Morgan fingerprint density at radius 1 is 1.19 bits per heavy atom. The predicted octanol–water partition coefficient (Wildman–Crippen LogP) is 2.97. The zero-order valence-corrected chi connectivity index (χ0v) is 14.1. The molecule has 0 saturated carbocycles. The Bertz CT molecular complexity index is 778. The Kier molecular flexibility index (Phi) is 5.69. The van der Waals surface area contributed by atoms with Gasteiger partial charge in [0.1, 0.15) is 12.3 Å². The lowest BCUT2D eigenvalue weighted by molar-refractivity contribution is -0.144. The van der Waals surface area contributed by atoms with E-state index in [4.69, 9.17) is 9.63 Å². The number of amides is 1. The summed E-state index contributed by atoms with van der Waals surface area (Å²) >= 11 is 0. The Labute approximate surface area is 147 Å². The number of aromatic nitrogens is 1. The highest BCUT2D eigenvalue weighted by atomic mass is 19.4. The van der Waals surface area contributed by atoms with E-state index in [1.165, 1.54) is 12.1 Å². The summed E-state index contributed by atoms with van der Waals surface area (Å²) < 4.78 is 42.8. The Morgan fingerprint density at radius 2 is 1.81 bits per heavy atom. The van der Waals surface area contributed by atoms with E-state index in [2.05, 4.69) is 5.16 Å². The maximum absolute atomic E-state index is 12.6. The van der Waals surface area contributed by atoms with E-state index >= 15 is 0 Å². The van der Waals surface area contributed by atoms with Crippen LogP contribution in [-0.4, -0.2) is 33.6 Å². The predicted molar refractivity (Wildman–Crippen MR) is 84.2 cm³/mol. The fourth-order valence-electron chi connectivity index (χ4n) is 2.43. The third-order valence-corrected chi connectivity index (χ3v) is 3.84. The number of carboxylic acid groups (broad SMARTS) is 1. The summed E-state index contributed by atoms with van der Waals surface area (Å²) in [5, 5.41) is 12.8. The van der Waals surface area contributed by atoms with Gasteiger partial charge in [-0.05, 0) is 31.5 Å². The Balaban J connectivity index is 2.16. The number of benzene rings is 1. The molecule has 1 aromatic heterocycles. The number of aliphatic carboxylic acids is 1. The summed E-state index contributed by atoms with van der Waals surface area (Å²) in [5.74, 6) is -1.24. The van der Waals surface area contributed by atoms with Crippen molar-refractivity contribution in [3.8, 4) is 0 Å². The minimum atomic E-state index is -4.46. The van der Waals surface area contributed by atoms with Crippen LogP contribution in [-0.2, 0) is 28.7 Å². The molecule has 1 N–H and O–H groups in total. The average molecular weight is 370 g/mol. The highest BCUT2D eigenvalue weighted by molar-refractivity contribution is 5.83. The average Bonchev–Trinajstić information content (AvgIpc) is 2.85. The first-order valence-electron chi connectivity index (χ1n) is 7.65. The van der Waals surface area contributed by atoms with Gasteiger partial charge in [-0.2, -0.15) is 13.2 Å². The number of carbonyl (C=O) groups is 2. The van der Waals surface area contributed by atoms with Crippen LogP contribution < -0.4 is 0 Å². The molecule has 2 rings (SSSR count). The molecule has 0 saturated heterocycles. The van der Waals surface area contributed by atoms with Gasteiger partial charge in [0.2, 0.25) is 5.91 Å². The van der Waals surface area contributed by atoms with E-state index in [0.717, 1.165) is 17.0 Å². The fraction of sp³-hybridized carbons (Fsp3) is 0.353. The van der Waals surface area contributed by atoms with E-state index in [1.807, 2.05) is 0 Å². The van der Waals surface area contributed by atoms with Crippen molar-refractivity contribution in [2.24, 2.45) is 0 Å². The van der Waals surface area contributed by atoms with Gasteiger partial charge >= 0.3 is 12.1 Å². The molecular weight excluding hydrogens is 353 g/mol. The second kappa shape index (κ2) is 7.59. The second-order valence-electron chi connectivity index (χ2n) is 5.82. The van der Waals surface area contributed by atoms with E-state index in [0.29, 0.717) is 22.6 Å². The number of aryl methyl sites for hydroxylation is 2. The normalized spacial score (nSPS) is 11.4. The molecule has 26 heavy (non-hydrogen) atoms. The van der Waals surface area contributed by atoms with Crippen LogP contribution in [0.4, 0.5) is 13.2 Å². The van der Waals surface area contributed by atoms with E-state index in [-0.39, 0.29) is 13.0 Å². The molecule has 1 amide bonds. The van der Waals surface area contributed by atoms with Gasteiger partial charge in [-0.15, -0.1) is 0 Å². The molecule has 2 aromatic rings. The molecule has 0 bridgehead atoms. The molecule has 0 atom stereocenters. The van der Waals surface area contributed by atoms with Gasteiger partial charge in [-0.25, -0.2) is 0 Å². The van der Waals surface area contributed by atoms with Crippen LogP contribution in [0.5, 0.6) is 0 Å². The van der Waals surface area contributed by atoms with Crippen LogP contribution in [0.25, 0.3) is 0 Å². The number of alkyl halides is 3. The van der Waals surface area contributed by atoms with Crippen LogP contribution in [0.15, 0.2) is 28.8 Å². The summed E-state index contributed by atoms with van der Waals surface area (Å²) in [6.07, 6.45) is -4.56. The summed E-state index contributed by atoms with van der Waals surface area (Å²) in [6.45, 7) is 2.62. The number of carboxylic acids is 1. The van der Waals surface area contributed by atoms with E-state index < -0.39 is 30.2 Å². The zero-order chi connectivity index (χ0) is 19.5. The van der Waals surface area contributed by atoms with Crippen LogP contribution >= 0.6 is 0 Å². The summed E-state index contributed by atoms with van der Waals surface area (Å²) in [5.41, 5.74) is 0.679.